The van der Waals surface area contributed by atoms with Gasteiger partial charge in [-0.05, 0) is 17.7 Å². The number of hydrogen-bond donors (Lipinski definition) is 2. The van der Waals surface area contributed by atoms with Gasteiger partial charge in [0.1, 0.15) is 17.3 Å². The van der Waals surface area contributed by atoms with Gasteiger partial charge in [0.25, 0.3) is 0 Å². The van der Waals surface area contributed by atoms with E-state index in [1.807, 2.05) is 36.4 Å². The smallest absolute Gasteiger partial charge is 0.214 e. The van der Waals surface area contributed by atoms with Crippen LogP contribution in [0.5, 0.6) is 5.75 Å². The third-order valence-electron chi connectivity index (χ3n) is 3.93. The second-order valence-electron chi connectivity index (χ2n) is 5.06. The van der Waals surface area contributed by atoms with E-state index < -0.39 is 17.8 Å². The van der Waals surface area contributed by atoms with Gasteiger partial charge in [0.15, 0.2) is 0 Å². The fraction of sp³-hybridized carbons (Fsp3) is 0.167. The second-order valence-corrected chi connectivity index (χ2v) is 5.06. The van der Waals surface area contributed by atoms with Crippen LogP contribution in [-0.2, 0) is 5.41 Å². The van der Waals surface area contributed by atoms with Gasteiger partial charge in [-0.15, -0.1) is 5.73 Å². The standard InChI is InChI=1S/C18H16O3/c1-2-12-18(13-8-4-3-5-9-13)16(19)14-10-6-7-11-15(14)21-17(18)20/h3-12,16-17,19-20H,1H2. The lowest BCUT2D eigenvalue weighted by molar-refractivity contribution is -0.120. The zero-order valence-electron chi connectivity index (χ0n) is 11.4. The van der Waals surface area contributed by atoms with Crippen LogP contribution in [0, 0.1) is 0 Å². The highest BCUT2D eigenvalue weighted by Gasteiger charge is 2.50. The van der Waals surface area contributed by atoms with Crippen molar-refractivity contribution < 1.29 is 14.9 Å². The van der Waals surface area contributed by atoms with E-state index in [0.717, 1.165) is 5.56 Å². The van der Waals surface area contributed by atoms with E-state index in [2.05, 4.69) is 12.3 Å². The summed E-state index contributed by atoms with van der Waals surface area (Å²) in [5.74, 6) is 0.488. The molecule has 1 aliphatic heterocycles. The predicted molar refractivity (Wildman–Crippen MR) is 79.9 cm³/mol. The molecule has 3 unspecified atom stereocenters. The van der Waals surface area contributed by atoms with Crippen molar-refractivity contribution in [3.05, 3.63) is 84.1 Å². The fourth-order valence-corrected chi connectivity index (χ4v) is 2.85. The van der Waals surface area contributed by atoms with Gasteiger partial charge in [-0.3, -0.25) is 0 Å². The lowest BCUT2D eigenvalue weighted by Crippen LogP contribution is -2.49. The summed E-state index contributed by atoms with van der Waals surface area (Å²) in [6.07, 6.45) is -0.596. The van der Waals surface area contributed by atoms with E-state index in [-0.39, 0.29) is 0 Å². The molecule has 2 aromatic carbocycles. The quantitative estimate of drug-likeness (QED) is 0.832. The minimum Gasteiger partial charge on any atom is -0.463 e. The van der Waals surface area contributed by atoms with Gasteiger partial charge in [0, 0.05) is 5.56 Å². The maximum Gasteiger partial charge on any atom is 0.214 e. The molecule has 2 N–H and O–H groups in total. The van der Waals surface area contributed by atoms with Crippen LogP contribution in [0.3, 0.4) is 0 Å². The molecule has 0 aromatic heterocycles. The summed E-state index contributed by atoms with van der Waals surface area (Å²) in [6.45, 7) is 3.59. The monoisotopic (exact) mass is 280 g/mol. The van der Waals surface area contributed by atoms with E-state index in [1.165, 1.54) is 0 Å². The van der Waals surface area contributed by atoms with Crippen molar-refractivity contribution in [2.45, 2.75) is 17.8 Å². The topological polar surface area (TPSA) is 49.7 Å². The number of fused-ring (bicyclic) bond motifs is 1. The van der Waals surface area contributed by atoms with Crippen LogP contribution in [-0.4, -0.2) is 16.5 Å². The zero-order valence-corrected chi connectivity index (χ0v) is 11.4. The Bertz CT molecular complexity index is 689. The molecule has 3 rings (SSSR count). The van der Waals surface area contributed by atoms with Crippen LogP contribution >= 0.6 is 0 Å². The lowest BCUT2D eigenvalue weighted by Gasteiger charge is -2.43. The van der Waals surface area contributed by atoms with Crippen molar-refractivity contribution in [3.63, 3.8) is 0 Å². The molecule has 0 spiro atoms. The van der Waals surface area contributed by atoms with Crippen molar-refractivity contribution >= 4 is 0 Å². The molecule has 3 atom stereocenters. The van der Waals surface area contributed by atoms with Gasteiger partial charge in [-0.2, -0.15) is 0 Å². The summed E-state index contributed by atoms with van der Waals surface area (Å²) in [5.41, 5.74) is 2.95. The Morgan fingerprint density at radius 2 is 1.71 bits per heavy atom. The molecule has 2 aromatic rings. The molecule has 0 radical (unpaired) electrons. The minimum atomic E-state index is -1.22. The SMILES string of the molecule is C=C=CC1(c2ccccc2)C(O)Oc2ccccc2C1O. The zero-order chi connectivity index (χ0) is 14.9. The Balaban J connectivity index is 2.24. The Morgan fingerprint density at radius 1 is 1.05 bits per heavy atom. The molecule has 0 fully saturated rings. The van der Waals surface area contributed by atoms with E-state index in [4.69, 9.17) is 4.74 Å². The van der Waals surface area contributed by atoms with Crippen LogP contribution in [0.2, 0.25) is 0 Å². The number of rotatable bonds is 2. The number of benzene rings is 2. The molecule has 1 heterocycles. The van der Waals surface area contributed by atoms with Crippen molar-refractivity contribution in [2.24, 2.45) is 0 Å². The summed E-state index contributed by atoms with van der Waals surface area (Å²) in [6, 6.07) is 16.4. The summed E-state index contributed by atoms with van der Waals surface area (Å²) < 4.78 is 5.62. The van der Waals surface area contributed by atoms with Gasteiger partial charge in [-0.25, -0.2) is 0 Å². The van der Waals surface area contributed by atoms with Gasteiger partial charge >= 0.3 is 0 Å². The van der Waals surface area contributed by atoms with Gasteiger partial charge in [-0.1, -0.05) is 55.1 Å². The third-order valence-corrected chi connectivity index (χ3v) is 3.93. The van der Waals surface area contributed by atoms with E-state index in [1.54, 1.807) is 24.3 Å². The largest absolute Gasteiger partial charge is 0.463 e. The van der Waals surface area contributed by atoms with Crippen LogP contribution in [0.4, 0.5) is 0 Å². The molecule has 0 bridgehead atoms. The molecule has 106 valence electrons. The fourth-order valence-electron chi connectivity index (χ4n) is 2.85. The molecular formula is C18H16O3. The summed E-state index contributed by atoms with van der Waals surface area (Å²) in [4.78, 5) is 0. The average Bonchev–Trinajstić information content (AvgIpc) is 2.52. The van der Waals surface area contributed by atoms with Crippen molar-refractivity contribution in [2.75, 3.05) is 0 Å². The number of hydrogen-bond acceptors (Lipinski definition) is 3. The van der Waals surface area contributed by atoms with Crippen molar-refractivity contribution in [3.8, 4) is 5.75 Å². The second kappa shape index (κ2) is 5.23. The van der Waals surface area contributed by atoms with Crippen LogP contribution < -0.4 is 4.74 Å². The summed E-state index contributed by atoms with van der Waals surface area (Å²) >= 11 is 0. The minimum absolute atomic E-state index is 0.488. The van der Waals surface area contributed by atoms with Gasteiger partial charge < -0.3 is 14.9 Å². The number of ether oxygens (including phenoxy) is 1. The Hall–Kier alpha value is -2.32. The van der Waals surface area contributed by atoms with E-state index in [0.29, 0.717) is 11.3 Å². The molecule has 0 saturated carbocycles. The summed E-state index contributed by atoms with van der Waals surface area (Å²) in [5, 5.41) is 21.4. The Kier molecular flexibility index (Phi) is 3.40. The highest BCUT2D eigenvalue weighted by atomic mass is 16.6. The molecule has 0 aliphatic carbocycles. The number of para-hydroxylation sites is 1. The predicted octanol–water partition coefficient (Wildman–Crippen LogP) is 2.71. The normalized spacial score (nSPS) is 27.1. The van der Waals surface area contributed by atoms with Gasteiger partial charge in [0.2, 0.25) is 6.29 Å². The average molecular weight is 280 g/mol. The molecule has 1 aliphatic rings. The maximum absolute atomic E-state index is 10.9. The molecule has 21 heavy (non-hydrogen) atoms. The first-order valence-corrected chi connectivity index (χ1v) is 6.74. The maximum atomic E-state index is 10.9. The number of aliphatic hydroxyl groups excluding tert-OH is 2. The molecule has 3 heteroatoms. The molecule has 0 amide bonds. The highest BCUT2D eigenvalue weighted by Crippen LogP contribution is 2.48. The van der Waals surface area contributed by atoms with Crippen molar-refractivity contribution in [1.29, 1.82) is 0 Å². The molecule has 0 saturated heterocycles. The van der Waals surface area contributed by atoms with Crippen LogP contribution in [0.15, 0.2) is 73.0 Å². The molecule has 3 nitrogen and oxygen atoms in total. The first-order valence-electron chi connectivity index (χ1n) is 6.74. The Morgan fingerprint density at radius 3 is 2.43 bits per heavy atom. The number of aliphatic hydroxyl groups is 2. The first-order chi connectivity index (χ1) is 10.2. The first kappa shape index (κ1) is 13.7. The molecular weight excluding hydrogens is 264 g/mol. The third kappa shape index (κ3) is 1.99. The lowest BCUT2D eigenvalue weighted by atomic mass is 9.71. The van der Waals surface area contributed by atoms with Crippen LogP contribution in [0.25, 0.3) is 0 Å². The van der Waals surface area contributed by atoms with Crippen molar-refractivity contribution in [1.82, 2.24) is 0 Å². The summed E-state index contributed by atoms with van der Waals surface area (Å²) in [7, 11) is 0. The Labute approximate surface area is 123 Å². The van der Waals surface area contributed by atoms with Crippen LogP contribution in [0.1, 0.15) is 17.2 Å². The van der Waals surface area contributed by atoms with E-state index >= 15 is 0 Å². The van der Waals surface area contributed by atoms with Gasteiger partial charge in [0.05, 0.1) is 0 Å². The van der Waals surface area contributed by atoms with E-state index in [9.17, 15) is 10.2 Å². The highest BCUT2D eigenvalue weighted by molar-refractivity contribution is 5.46.